The lowest BCUT2D eigenvalue weighted by Gasteiger charge is -2.32. The fourth-order valence-corrected chi connectivity index (χ4v) is 4.62. The van der Waals surface area contributed by atoms with E-state index < -0.39 is 0 Å². The van der Waals surface area contributed by atoms with Crippen molar-refractivity contribution in [2.24, 2.45) is 0 Å². The van der Waals surface area contributed by atoms with E-state index in [1.54, 1.807) is 18.0 Å². The molecule has 2 aliphatic rings. The van der Waals surface area contributed by atoms with Crippen LogP contribution in [0.15, 0.2) is 65.1 Å². The molecule has 146 valence electrons. The van der Waals surface area contributed by atoms with Crippen LogP contribution < -0.4 is 5.32 Å². The number of hydrogen-bond donors (Lipinski definition) is 1. The van der Waals surface area contributed by atoms with Crippen LogP contribution in [0.25, 0.3) is 0 Å². The number of fused-ring (bicyclic) bond motifs is 1. The summed E-state index contributed by atoms with van der Waals surface area (Å²) in [6.45, 7) is 2.07. The zero-order valence-electron chi connectivity index (χ0n) is 16.1. The van der Waals surface area contributed by atoms with E-state index in [1.807, 2.05) is 22.9 Å². The average molecular weight is 404 g/mol. The Bertz CT molecular complexity index is 1090. The Hall–Kier alpha value is -2.93. The molecular formula is C22H21N5OS. The highest BCUT2D eigenvalue weighted by molar-refractivity contribution is 7.98. The summed E-state index contributed by atoms with van der Waals surface area (Å²) < 4.78 is 1.87. The van der Waals surface area contributed by atoms with Gasteiger partial charge in [0.2, 0.25) is 11.1 Å². The number of rotatable bonds is 4. The van der Waals surface area contributed by atoms with Gasteiger partial charge in [-0.05, 0) is 37.5 Å². The number of hydrogen-bond acceptors (Lipinski definition) is 6. The maximum Gasteiger partial charge on any atom is 0.227 e. The number of thioether (sulfide) groups is 1. The number of anilines is 1. The van der Waals surface area contributed by atoms with E-state index in [2.05, 4.69) is 41.5 Å². The first-order valence-corrected chi connectivity index (χ1v) is 10.8. The monoisotopic (exact) mass is 403 g/mol. The van der Waals surface area contributed by atoms with Crippen LogP contribution in [0.1, 0.15) is 42.1 Å². The van der Waals surface area contributed by atoms with Crippen molar-refractivity contribution in [3.05, 3.63) is 76.8 Å². The zero-order chi connectivity index (χ0) is 19.8. The Morgan fingerprint density at radius 3 is 2.83 bits per heavy atom. The molecule has 29 heavy (non-hydrogen) atoms. The van der Waals surface area contributed by atoms with Gasteiger partial charge in [-0.2, -0.15) is 4.98 Å². The number of nitrogens with one attached hydrogen (secondary N) is 1. The van der Waals surface area contributed by atoms with Gasteiger partial charge in [0.15, 0.2) is 5.78 Å². The number of aryl methyl sites for hydroxylation is 1. The predicted octanol–water partition coefficient (Wildman–Crippen LogP) is 4.30. The highest BCUT2D eigenvalue weighted by Gasteiger charge is 2.36. The van der Waals surface area contributed by atoms with Crippen molar-refractivity contribution in [1.29, 1.82) is 0 Å². The third-order valence-electron chi connectivity index (χ3n) is 5.32. The smallest absolute Gasteiger partial charge is 0.227 e. The molecule has 1 N–H and O–H groups in total. The van der Waals surface area contributed by atoms with Crippen LogP contribution in [0.5, 0.6) is 0 Å². The molecule has 3 heterocycles. The molecule has 5 rings (SSSR count). The molecular weight excluding hydrogens is 382 g/mol. The second kappa shape index (κ2) is 7.48. The van der Waals surface area contributed by atoms with E-state index in [0.29, 0.717) is 23.3 Å². The molecule has 1 aromatic carbocycles. The summed E-state index contributed by atoms with van der Waals surface area (Å²) in [5, 5.41) is 8.82. The van der Waals surface area contributed by atoms with Crippen molar-refractivity contribution in [1.82, 2.24) is 19.7 Å². The van der Waals surface area contributed by atoms with Crippen LogP contribution in [-0.4, -0.2) is 25.5 Å². The first kappa shape index (κ1) is 18.1. The van der Waals surface area contributed by atoms with Gasteiger partial charge in [0.05, 0.1) is 5.69 Å². The standard InChI is InChI=1S/C22H21N5OS/c1-14-8-10-15(11-9-14)20-19-17(6-4-7-18(19)28)24-21-25-22(26-27(20)21)29-13-16-5-2-3-12-23-16/h2-3,5,8-12,20H,4,6-7,13H2,1H3,(H,24,25,26). The van der Waals surface area contributed by atoms with Crippen molar-refractivity contribution < 1.29 is 4.79 Å². The minimum Gasteiger partial charge on any atom is -0.328 e. The number of pyridine rings is 1. The largest absolute Gasteiger partial charge is 0.328 e. The van der Waals surface area contributed by atoms with Gasteiger partial charge in [-0.1, -0.05) is 47.7 Å². The summed E-state index contributed by atoms with van der Waals surface area (Å²) in [6.07, 6.45) is 4.13. The topological polar surface area (TPSA) is 72.7 Å². The van der Waals surface area contributed by atoms with Crippen molar-refractivity contribution in [2.75, 3.05) is 5.32 Å². The summed E-state index contributed by atoms with van der Waals surface area (Å²) in [5.41, 5.74) is 5.07. The van der Waals surface area contributed by atoms with Crippen molar-refractivity contribution in [3.8, 4) is 0 Å². The molecule has 3 aromatic rings. The van der Waals surface area contributed by atoms with Gasteiger partial charge in [-0.3, -0.25) is 9.78 Å². The van der Waals surface area contributed by atoms with Crippen LogP contribution in [0.2, 0.25) is 0 Å². The lowest BCUT2D eigenvalue weighted by molar-refractivity contribution is -0.116. The zero-order valence-corrected chi connectivity index (χ0v) is 16.9. The molecule has 1 aliphatic heterocycles. The lowest BCUT2D eigenvalue weighted by atomic mass is 9.85. The van der Waals surface area contributed by atoms with Gasteiger partial charge in [0.25, 0.3) is 0 Å². The minimum atomic E-state index is -0.230. The number of nitrogens with zero attached hydrogens (tertiary/aromatic N) is 4. The Morgan fingerprint density at radius 1 is 1.17 bits per heavy atom. The van der Waals surface area contributed by atoms with E-state index in [0.717, 1.165) is 35.4 Å². The number of allylic oxidation sites excluding steroid dienone is 2. The first-order chi connectivity index (χ1) is 14.2. The van der Waals surface area contributed by atoms with Gasteiger partial charge in [0.1, 0.15) is 6.04 Å². The highest BCUT2D eigenvalue weighted by atomic mass is 32.2. The van der Waals surface area contributed by atoms with Crippen LogP contribution in [0, 0.1) is 6.92 Å². The van der Waals surface area contributed by atoms with Crippen LogP contribution in [0.3, 0.4) is 0 Å². The molecule has 6 nitrogen and oxygen atoms in total. The van der Waals surface area contributed by atoms with Gasteiger partial charge < -0.3 is 5.32 Å². The fraction of sp³-hybridized carbons (Fsp3) is 0.273. The maximum absolute atomic E-state index is 12.8. The van der Waals surface area contributed by atoms with E-state index in [9.17, 15) is 4.79 Å². The second-order valence-electron chi connectivity index (χ2n) is 7.38. The molecule has 0 saturated heterocycles. The normalized spacial score (nSPS) is 18.2. The molecule has 0 spiro atoms. The van der Waals surface area contributed by atoms with Gasteiger partial charge in [-0.15, -0.1) is 5.10 Å². The molecule has 1 atom stereocenters. The molecule has 0 radical (unpaired) electrons. The molecule has 1 aliphatic carbocycles. The van der Waals surface area contributed by atoms with E-state index in [-0.39, 0.29) is 11.8 Å². The van der Waals surface area contributed by atoms with Crippen LogP contribution in [0.4, 0.5) is 5.95 Å². The summed E-state index contributed by atoms with van der Waals surface area (Å²) in [4.78, 5) is 21.9. The molecule has 0 saturated carbocycles. The molecule has 7 heteroatoms. The molecule has 2 aromatic heterocycles. The number of benzene rings is 1. The van der Waals surface area contributed by atoms with Crippen molar-refractivity contribution in [3.63, 3.8) is 0 Å². The number of ketones is 1. The first-order valence-electron chi connectivity index (χ1n) is 9.78. The number of aromatic nitrogens is 4. The number of carbonyl (C=O) groups is 1. The van der Waals surface area contributed by atoms with Crippen LogP contribution >= 0.6 is 11.8 Å². The third-order valence-corrected chi connectivity index (χ3v) is 6.19. The predicted molar refractivity (Wildman–Crippen MR) is 113 cm³/mol. The molecule has 1 unspecified atom stereocenters. The van der Waals surface area contributed by atoms with E-state index in [4.69, 9.17) is 10.1 Å². The molecule has 0 amide bonds. The Balaban J connectivity index is 1.52. The molecule has 0 bridgehead atoms. The number of Topliss-reactive ketones (excluding diaryl/α,β-unsaturated/α-hetero) is 1. The number of carbonyl (C=O) groups excluding carboxylic acids is 1. The SMILES string of the molecule is Cc1ccc(C2C3=C(CCCC3=O)Nc3nc(SCc4ccccn4)nn32)cc1. The van der Waals surface area contributed by atoms with E-state index >= 15 is 0 Å². The van der Waals surface area contributed by atoms with Gasteiger partial charge in [-0.25, -0.2) is 4.68 Å². The molecule has 0 fully saturated rings. The van der Waals surface area contributed by atoms with Crippen LogP contribution in [-0.2, 0) is 10.5 Å². The van der Waals surface area contributed by atoms with Crippen molar-refractivity contribution in [2.45, 2.75) is 43.1 Å². The summed E-state index contributed by atoms with van der Waals surface area (Å²) in [7, 11) is 0. The summed E-state index contributed by atoms with van der Waals surface area (Å²) in [5.74, 6) is 1.60. The lowest BCUT2D eigenvalue weighted by Crippen LogP contribution is -2.31. The third kappa shape index (κ3) is 3.46. The van der Waals surface area contributed by atoms with Gasteiger partial charge >= 0.3 is 0 Å². The quantitative estimate of drug-likeness (QED) is 0.655. The Morgan fingerprint density at radius 2 is 2.03 bits per heavy atom. The van der Waals surface area contributed by atoms with Crippen molar-refractivity contribution >= 4 is 23.5 Å². The Kier molecular flexibility index (Phi) is 4.67. The fourth-order valence-electron chi connectivity index (χ4n) is 3.88. The highest BCUT2D eigenvalue weighted by Crippen LogP contribution is 2.40. The van der Waals surface area contributed by atoms with Gasteiger partial charge in [0, 0.05) is 29.6 Å². The average Bonchev–Trinajstić information content (AvgIpc) is 3.15. The second-order valence-corrected chi connectivity index (χ2v) is 8.32. The summed E-state index contributed by atoms with van der Waals surface area (Å²) in [6, 6.07) is 14.0. The maximum atomic E-state index is 12.8. The van der Waals surface area contributed by atoms with E-state index in [1.165, 1.54) is 5.56 Å². The summed E-state index contributed by atoms with van der Waals surface area (Å²) >= 11 is 1.55. The minimum absolute atomic E-state index is 0.202. The Labute approximate surface area is 173 Å².